The minimum atomic E-state index is -0.517. The maximum Gasteiger partial charge on any atom is 0.359 e. The van der Waals surface area contributed by atoms with Gasteiger partial charge in [-0.2, -0.15) is 0 Å². The molecule has 0 saturated carbocycles. The first-order valence-corrected chi connectivity index (χ1v) is 7.51. The zero-order valence-corrected chi connectivity index (χ0v) is 13.8. The van der Waals surface area contributed by atoms with Crippen LogP contribution in [0.4, 0.5) is 5.00 Å². The number of thiazole rings is 1. The second-order valence-corrected chi connectivity index (χ2v) is 6.48. The zero-order chi connectivity index (χ0) is 13.3. The molecule has 7 heteroatoms. The quantitative estimate of drug-likeness (QED) is 0.575. The highest BCUT2D eigenvalue weighted by Gasteiger charge is 2.18. The number of methoxy groups -OCH3 is 1. The van der Waals surface area contributed by atoms with E-state index in [0.29, 0.717) is 10.0 Å². The molecule has 2 N–H and O–H groups in total. The maximum atomic E-state index is 11.5. The predicted molar refractivity (Wildman–Crippen MR) is 83.7 cm³/mol. The smallest absolute Gasteiger partial charge is 0.359 e. The van der Waals surface area contributed by atoms with Crippen LogP contribution in [0.5, 0.6) is 0 Å². The minimum Gasteiger partial charge on any atom is -0.464 e. The Morgan fingerprint density at radius 2 is 2.28 bits per heavy atom. The molecule has 0 spiro atoms. The fourth-order valence-electron chi connectivity index (χ4n) is 1.35. The third-order valence-corrected chi connectivity index (χ3v) is 4.47. The molecule has 1 aromatic heterocycles. The van der Waals surface area contributed by atoms with E-state index >= 15 is 0 Å². The van der Waals surface area contributed by atoms with Crippen molar-refractivity contribution in [2.45, 2.75) is 0 Å². The van der Waals surface area contributed by atoms with Gasteiger partial charge in [0.25, 0.3) is 0 Å². The molecule has 1 aromatic carbocycles. The molecule has 2 aromatic rings. The van der Waals surface area contributed by atoms with Crippen molar-refractivity contribution in [1.29, 1.82) is 0 Å². The van der Waals surface area contributed by atoms with Crippen molar-refractivity contribution in [3.8, 4) is 10.6 Å². The first-order valence-electron chi connectivity index (χ1n) is 4.83. The molecular weight excluding hydrogens is 431 g/mol. The summed E-state index contributed by atoms with van der Waals surface area (Å²) in [6.07, 6.45) is 0. The van der Waals surface area contributed by atoms with Crippen LogP contribution >= 0.6 is 49.9 Å². The first kappa shape index (κ1) is 13.8. The largest absolute Gasteiger partial charge is 0.464 e. The molecule has 0 radical (unpaired) electrons. The molecule has 0 aliphatic carbocycles. The third kappa shape index (κ3) is 2.67. The summed E-state index contributed by atoms with van der Waals surface area (Å²) >= 11 is 6.95. The van der Waals surface area contributed by atoms with Gasteiger partial charge in [0.2, 0.25) is 0 Å². The second kappa shape index (κ2) is 5.54. The second-order valence-electron chi connectivity index (χ2n) is 3.35. The Balaban J connectivity index is 2.52. The standard InChI is InChI=1S/C11H8BrIN2O2S/c1-17-11(16)8-9(14)18-10(15-8)6-4-5(13)2-3-7(6)12/h2-4H,14H2,1H3. The summed E-state index contributed by atoms with van der Waals surface area (Å²) < 4.78 is 6.63. The van der Waals surface area contributed by atoms with E-state index in [4.69, 9.17) is 5.73 Å². The van der Waals surface area contributed by atoms with Crippen LogP contribution in [0.25, 0.3) is 10.6 Å². The highest BCUT2D eigenvalue weighted by molar-refractivity contribution is 14.1. The minimum absolute atomic E-state index is 0.170. The van der Waals surface area contributed by atoms with Crippen molar-refractivity contribution < 1.29 is 9.53 Å². The SMILES string of the molecule is COC(=O)c1nc(-c2cc(I)ccc2Br)sc1N. The summed E-state index contributed by atoms with van der Waals surface area (Å²) in [5.41, 5.74) is 6.86. The number of anilines is 1. The molecule has 0 atom stereocenters. The number of hydrogen-bond donors (Lipinski definition) is 1. The molecule has 2 rings (SSSR count). The Hall–Kier alpha value is -0.670. The van der Waals surface area contributed by atoms with Gasteiger partial charge in [-0.25, -0.2) is 9.78 Å². The van der Waals surface area contributed by atoms with E-state index in [9.17, 15) is 4.79 Å². The maximum absolute atomic E-state index is 11.5. The van der Waals surface area contributed by atoms with Crippen LogP contribution in [0, 0.1) is 3.57 Å². The van der Waals surface area contributed by atoms with Crippen molar-refractivity contribution in [2.24, 2.45) is 0 Å². The van der Waals surface area contributed by atoms with Crippen LogP contribution in [0.2, 0.25) is 0 Å². The molecule has 0 bridgehead atoms. The third-order valence-electron chi connectivity index (χ3n) is 2.19. The van der Waals surface area contributed by atoms with Crippen molar-refractivity contribution in [2.75, 3.05) is 12.8 Å². The molecule has 0 amide bonds. The molecule has 0 aliphatic heterocycles. The normalized spacial score (nSPS) is 10.4. The highest BCUT2D eigenvalue weighted by atomic mass is 127. The number of nitrogen functional groups attached to an aromatic ring is 1. The number of esters is 1. The van der Waals surface area contributed by atoms with E-state index < -0.39 is 5.97 Å². The van der Waals surface area contributed by atoms with Gasteiger partial charge in [-0.15, -0.1) is 0 Å². The lowest BCUT2D eigenvalue weighted by molar-refractivity contribution is 0.0596. The number of nitrogens with zero attached hydrogens (tertiary/aromatic N) is 1. The topological polar surface area (TPSA) is 65.2 Å². The zero-order valence-electron chi connectivity index (χ0n) is 9.24. The van der Waals surface area contributed by atoms with E-state index in [-0.39, 0.29) is 5.69 Å². The van der Waals surface area contributed by atoms with Crippen LogP contribution in [0.15, 0.2) is 22.7 Å². The lowest BCUT2D eigenvalue weighted by Crippen LogP contribution is -2.04. The van der Waals surface area contributed by atoms with Gasteiger partial charge in [-0.3, -0.25) is 0 Å². The molecule has 4 nitrogen and oxygen atoms in total. The number of hydrogen-bond acceptors (Lipinski definition) is 5. The summed E-state index contributed by atoms with van der Waals surface area (Å²) in [6, 6.07) is 5.89. The highest BCUT2D eigenvalue weighted by Crippen LogP contribution is 2.35. The van der Waals surface area contributed by atoms with Crippen LogP contribution in [0.3, 0.4) is 0 Å². The average Bonchev–Trinajstić information content (AvgIpc) is 2.73. The van der Waals surface area contributed by atoms with Gasteiger partial charge < -0.3 is 10.5 Å². The summed E-state index contributed by atoms with van der Waals surface area (Å²) in [6.45, 7) is 0. The van der Waals surface area contributed by atoms with E-state index in [0.717, 1.165) is 13.6 Å². The van der Waals surface area contributed by atoms with Crippen LogP contribution in [-0.4, -0.2) is 18.1 Å². The Morgan fingerprint density at radius 1 is 1.56 bits per heavy atom. The fourth-order valence-corrected chi connectivity index (χ4v) is 3.26. The van der Waals surface area contributed by atoms with Gasteiger partial charge in [0.15, 0.2) is 5.69 Å². The van der Waals surface area contributed by atoms with E-state index in [1.807, 2.05) is 18.2 Å². The number of benzene rings is 1. The number of rotatable bonds is 2. The Morgan fingerprint density at radius 3 is 2.94 bits per heavy atom. The molecule has 0 saturated heterocycles. The molecule has 0 fully saturated rings. The van der Waals surface area contributed by atoms with Gasteiger partial charge in [-0.05, 0) is 40.8 Å². The number of nitrogens with two attached hydrogens (primary N) is 1. The fraction of sp³-hybridized carbons (Fsp3) is 0.0909. The van der Waals surface area contributed by atoms with E-state index in [1.54, 1.807) is 0 Å². The molecule has 18 heavy (non-hydrogen) atoms. The van der Waals surface area contributed by atoms with Crippen molar-refractivity contribution in [3.63, 3.8) is 0 Å². The Labute approximate surface area is 130 Å². The molecule has 0 unspecified atom stereocenters. The Kier molecular flexibility index (Phi) is 4.23. The summed E-state index contributed by atoms with van der Waals surface area (Å²) in [5, 5.41) is 1.06. The van der Waals surface area contributed by atoms with Gasteiger partial charge in [-0.1, -0.05) is 27.3 Å². The lowest BCUT2D eigenvalue weighted by atomic mass is 10.2. The van der Waals surface area contributed by atoms with Crippen molar-refractivity contribution in [3.05, 3.63) is 31.9 Å². The molecule has 1 heterocycles. The number of ether oxygens (including phenoxy) is 1. The summed E-state index contributed by atoms with van der Waals surface area (Å²) in [7, 11) is 1.31. The average molecular weight is 439 g/mol. The molecule has 94 valence electrons. The monoisotopic (exact) mass is 438 g/mol. The number of carbonyl (C=O) groups is 1. The van der Waals surface area contributed by atoms with Crippen molar-refractivity contribution in [1.82, 2.24) is 4.98 Å². The van der Waals surface area contributed by atoms with Crippen molar-refractivity contribution >= 4 is 60.8 Å². The van der Waals surface area contributed by atoms with Gasteiger partial charge in [0, 0.05) is 13.6 Å². The Bertz CT molecular complexity index is 615. The molecule has 0 aliphatic rings. The lowest BCUT2D eigenvalue weighted by Gasteiger charge is -2.00. The van der Waals surface area contributed by atoms with E-state index in [1.165, 1.54) is 18.4 Å². The van der Waals surface area contributed by atoms with Crippen LogP contribution in [0.1, 0.15) is 10.5 Å². The van der Waals surface area contributed by atoms with Crippen LogP contribution in [-0.2, 0) is 4.74 Å². The van der Waals surface area contributed by atoms with Gasteiger partial charge >= 0.3 is 5.97 Å². The molecular formula is C11H8BrIN2O2S. The number of halogens is 2. The first-order chi connectivity index (χ1) is 8.52. The van der Waals surface area contributed by atoms with E-state index in [2.05, 4.69) is 48.2 Å². The number of carbonyl (C=O) groups excluding carboxylic acids is 1. The summed E-state index contributed by atoms with van der Waals surface area (Å²) in [4.78, 5) is 15.7. The van der Waals surface area contributed by atoms with Gasteiger partial charge in [0.05, 0.1) is 7.11 Å². The van der Waals surface area contributed by atoms with Gasteiger partial charge in [0.1, 0.15) is 10.0 Å². The van der Waals surface area contributed by atoms with Crippen LogP contribution < -0.4 is 5.73 Å². The summed E-state index contributed by atoms with van der Waals surface area (Å²) in [5.74, 6) is -0.517. The predicted octanol–water partition coefficient (Wildman–Crippen LogP) is 3.55. The number of aromatic nitrogens is 1.